The van der Waals surface area contributed by atoms with Crippen molar-refractivity contribution >= 4 is 56.1 Å². The Bertz CT molecular complexity index is 715. The summed E-state index contributed by atoms with van der Waals surface area (Å²) in [7, 11) is 0. The zero-order chi connectivity index (χ0) is 18.5. The number of anilines is 1. The molecule has 142 valence electrons. The molecule has 0 fully saturated rings. The highest BCUT2D eigenvalue weighted by molar-refractivity contribution is 8.39. The summed E-state index contributed by atoms with van der Waals surface area (Å²) in [5.41, 5.74) is 1.66. The third kappa shape index (κ3) is 4.84. The third-order valence-corrected chi connectivity index (χ3v) is 7.78. The molecule has 26 heavy (non-hydrogen) atoms. The lowest BCUT2D eigenvalue weighted by Gasteiger charge is -2.18. The molecule has 8 heteroatoms. The first-order chi connectivity index (χ1) is 12.6. The van der Waals surface area contributed by atoms with Gasteiger partial charge in [0.2, 0.25) is 5.91 Å². The minimum Gasteiger partial charge on any atom is -0.462 e. The van der Waals surface area contributed by atoms with E-state index in [4.69, 9.17) is 4.74 Å². The van der Waals surface area contributed by atoms with Gasteiger partial charge in [0.1, 0.15) is 9.38 Å². The average Bonchev–Trinajstić information content (AvgIpc) is 3.22. The van der Waals surface area contributed by atoms with Crippen molar-refractivity contribution in [3.05, 3.63) is 16.0 Å². The van der Waals surface area contributed by atoms with E-state index in [1.54, 1.807) is 30.4 Å². The number of hydrogen-bond donors (Lipinski definition) is 1. The van der Waals surface area contributed by atoms with E-state index in [0.717, 1.165) is 41.5 Å². The molecule has 0 aromatic carbocycles. The maximum atomic E-state index is 12.5. The largest absolute Gasteiger partial charge is 0.462 e. The van der Waals surface area contributed by atoms with Crippen LogP contribution in [0.2, 0.25) is 0 Å². The molecule has 0 spiro atoms. The van der Waals surface area contributed by atoms with E-state index in [1.807, 2.05) is 0 Å². The Morgan fingerprint density at radius 1 is 1.42 bits per heavy atom. The fraction of sp³-hybridized carbons (Fsp3) is 0.611. The summed E-state index contributed by atoms with van der Waals surface area (Å²) in [5, 5.41) is 3.62. The van der Waals surface area contributed by atoms with Gasteiger partial charge in [-0.1, -0.05) is 30.4 Å². The molecular weight excluding hydrogens is 388 g/mol. The van der Waals surface area contributed by atoms with Crippen LogP contribution < -0.4 is 5.32 Å². The lowest BCUT2D eigenvalue weighted by Crippen LogP contribution is -2.17. The van der Waals surface area contributed by atoms with Crippen LogP contribution in [0.4, 0.5) is 5.00 Å². The van der Waals surface area contributed by atoms with Crippen molar-refractivity contribution in [3.63, 3.8) is 0 Å². The smallest absolute Gasteiger partial charge is 0.341 e. The molecule has 0 saturated heterocycles. The molecule has 1 unspecified atom stereocenters. The fourth-order valence-electron chi connectivity index (χ4n) is 3.08. The number of carbonyl (C=O) groups is 2. The Balaban J connectivity index is 1.67. The molecule has 0 bridgehead atoms. The van der Waals surface area contributed by atoms with Crippen LogP contribution >= 0.6 is 34.9 Å². The van der Waals surface area contributed by atoms with E-state index in [9.17, 15) is 9.59 Å². The van der Waals surface area contributed by atoms with Gasteiger partial charge in [-0.05, 0) is 37.7 Å². The molecule has 1 atom stereocenters. The number of amides is 1. The van der Waals surface area contributed by atoms with E-state index < -0.39 is 0 Å². The van der Waals surface area contributed by atoms with E-state index >= 15 is 0 Å². The van der Waals surface area contributed by atoms with E-state index in [2.05, 4.69) is 17.2 Å². The quantitative estimate of drug-likeness (QED) is 0.709. The van der Waals surface area contributed by atoms with Crippen molar-refractivity contribution < 1.29 is 14.3 Å². The summed E-state index contributed by atoms with van der Waals surface area (Å²) in [6.07, 6.45) is 3.32. The number of aliphatic imine (C=N–C) groups is 1. The van der Waals surface area contributed by atoms with Crippen molar-refractivity contribution in [1.29, 1.82) is 0 Å². The minimum absolute atomic E-state index is 0.0571. The van der Waals surface area contributed by atoms with Crippen LogP contribution in [0, 0.1) is 5.92 Å². The highest BCUT2D eigenvalue weighted by Gasteiger charge is 2.29. The number of carbonyl (C=O) groups excluding carboxylic acids is 2. The Hall–Kier alpha value is -0.990. The standard InChI is InChI=1S/C18H24N2O3S3/c1-3-23-17(22)15-12-5-4-11(2)10-13(12)26-16(15)20-14(21)6-8-24-18-19-7-9-25-18/h11H,3-10H2,1-2H3,(H,20,21). The van der Waals surface area contributed by atoms with Crippen LogP contribution in [0.5, 0.6) is 0 Å². The molecule has 1 amide bonds. The second-order valence-corrected chi connectivity index (χ2v) is 9.95. The summed E-state index contributed by atoms with van der Waals surface area (Å²) >= 11 is 4.92. The Morgan fingerprint density at radius 2 is 2.27 bits per heavy atom. The van der Waals surface area contributed by atoms with Gasteiger partial charge in [-0.25, -0.2) is 4.79 Å². The molecule has 1 aliphatic carbocycles. The molecule has 1 aromatic heterocycles. The Labute approximate surface area is 166 Å². The molecular formula is C18H24N2O3S3. The van der Waals surface area contributed by atoms with Gasteiger partial charge in [-0.2, -0.15) is 0 Å². The summed E-state index contributed by atoms with van der Waals surface area (Å²) in [5.74, 6) is 1.98. The van der Waals surface area contributed by atoms with Gasteiger partial charge < -0.3 is 10.1 Å². The predicted molar refractivity (Wildman–Crippen MR) is 112 cm³/mol. The van der Waals surface area contributed by atoms with E-state index in [1.165, 1.54) is 16.2 Å². The van der Waals surface area contributed by atoms with Gasteiger partial charge in [0.05, 0.1) is 18.7 Å². The zero-order valence-electron chi connectivity index (χ0n) is 15.1. The van der Waals surface area contributed by atoms with Gasteiger partial charge in [0.25, 0.3) is 0 Å². The summed E-state index contributed by atoms with van der Waals surface area (Å²) in [4.78, 5) is 30.4. The number of hydrogen-bond acceptors (Lipinski definition) is 7. The molecule has 2 aliphatic rings. The lowest BCUT2D eigenvalue weighted by molar-refractivity contribution is -0.115. The number of thiophene rings is 1. The number of fused-ring (bicyclic) bond motifs is 1. The summed E-state index contributed by atoms with van der Waals surface area (Å²) in [6, 6.07) is 0. The average molecular weight is 413 g/mol. The number of ether oxygens (including phenoxy) is 1. The van der Waals surface area contributed by atoms with Gasteiger partial charge in [-0.3, -0.25) is 9.79 Å². The summed E-state index contributed by atoms with van der Waals surface area (Å²) < 4.78 is 6.32. The SMILES string of the molecule is CCOC(=O)c1c(NC(=O)CCSC2=NCCS2)sc2c1CCC(C)C2. The van der Waals surface area contributed by atoms with Gasteiger partial charge >= 0.3 is 5.97 Å². The Kier molecular flexibility index (Phi) is 7.05. The van der Waals surface area contributed by atoms with Crippen LogP contribution in [-0.2, 0) is 22.4 Å². The second kappa shape index (κ2) is 9.28. The molecule has 0 saturated carbocycles. The van der Waals surface area contributed by atoms with E-state index in [0.29, 0.717) is 35.3 Å². The number of esters is 1. The van der Waals surface area contributed by atoms with Crippen molar-refractivity contribution in [2.75, 3.05) is 30.0 Å². The molecule has 2 heterocycles. The summed E-state index contributed by atoms with van der Waals surface area (Å²) in [6.45, 7) is 5.24. The maximum Gasteiger partial charge on any atom is 0.341 e. The fourth-order valence-corrected chi connectivity index (χ4v) is 6.51. The van der Waals surface area contributed by atoms with Gasteiger partial charge in [-0.15, -0.1) is 11.3 Å². The highest BCUT2D eigenvalue weighted by atomic mass is 32.2. The molecule has 0 radical (unpaired) electrons. The van der Waals surface area contributed by atoms with Crippen LogP contribution in [0.25, 0.3) is 0 Å². The maximum absolute atomic E-state index is 12.5. The normalized spacial score (nSPS) is 19.0. The Morgan fingerprint density at radius 3 is 3.00 bits per heavy atom. The molecule has 1 aromatic rings. The molecule has 1 N–H and O–H groups in total. The molecule has 1 aliphatic heterocycles. The van der Waals surface area contributed by atoms with Crippen molar-refractivity contribution in [2.24, 2.45) is 10.9 Å². The van der Waals surface area contributed by atoms with Crippen LogP contribution in [0.1, 0.15) is 47.5 Å². The first kappa shape index (κ1) is 19.8. The lowest BCUT2D eigenvalue weighted by atomic mass is 9.88. The first-order valence-corrected chi connectivity index (χ1v) is 11.8. The highest BCUT2D eigenvalue weighted by Crippen LogP contribution is 2.40. The van der Waals surface area contributed by atoms with Gasteiger partial charge in [0.15, 0.2) is 0 Å². The first-order valence-electron chi connectivity index (χ1n) is 9.00. The third-order valence-electron chi connectivity index (χ3n) is 4.36. The zero-order valence-corrected chi connectivity index (χ0v) is 17.6. The van der Waals surface area contributed by atoms with Crippen molar-refractivity contribution in [1.82, 2.24) is 0 Å². The van der Waals surface area contributed by atoms with E-state index in [-0.39, 0.29) is 11.9 Å². The monoisotopic (exact) mass is 412 g/mol. The predicted octanol–water partition coefficient (Wildman–Crippen LogP) is 4.21. The van der Waals surface area contributed by atoms with Gasteiger partial charge in [0, 0.05) is 22.8 Å². The number of rotatable bonds is 6. The van der Waals surface area contributed by atoms with Crippen LogP contribution in [-0.4, -0.2) is 40.9 Å². The van der Waals surface area contributed by atoms with Crippen LogP contribution in [0.15, 0.2) is 4.99 Å². The van der Waals surface area contributed by atoms with Crippen molar-refractivity contribution in [2.45, 2.75) is 39.5 Å². The molecule has 5 nitrogen and oxygen atoms in total. The molecule has 3 rings (SSSR count). The topological polar surface area (TPSA) is 67.8 Å². The minimum atomic E-state index is -0.319. The number of nitrogens with one attached hydrogen (secondary N) is 1. The number of thioether (sulfide) groups is 2. The number of nitrogens with zero attached hydrogens (tertiary/aromatic N) is 1. The second-order valence-electron chi connectivity index (χ2n) is 6.42. The van der Waals surface area contributed by atoms with Crippen molar-refractivity contribution in [3.8, 4) is 0 Å². The van der Waals surface area contributed by atoms with Crippen LogP contribution in [0.3, 0.4) is 0 Å².